The van der Waals surface area contributed by atoms with Crippen molar-refractivity contribution in [1.29, 1.82) is 0 Å². The predicted octanol–water partition coefficient (Wildman–Crippen LogP) is 1.02. The van der Waals surface area contributed by atoms with Crippen molar-refractivity contribution in [2.24, 2.45) is 5.73 Å². The summed E-state index contributed by atoms with van der Waals surface area (Å²) in [6.07, 6.45) is 0.774. The molecule has 1 atom stereocenters. The maximum atomic E-state index is 14.6. The largest absolute Gasteiger partial charge is 0.477 e. The minimum Gasteiger partial charge on any atom is -0.477 e. The number of anilines is 1. The highest BCUT2D eigenvalue weighted by Crippen LogP contribution is 2.29. The summed E-state index contributed by atoms with van der Waals surface area (Å²) >= 11 is 1.14. The van der Waals surface area contributed by atoms with Crippen LogP contribution in [0, 0.1) is 5.82 Å². The molecule has 2 aromatic heterocycles. The summed E-state index contributed by atoms with van der Waals surface area (Å²) in [7, 11) is 0. The standard InChI is InChI=1S/C16H14FN3O3S/c1-7-20-11-5-12(19-3-2-8(18)6-19)10(17)4-9(11)14(21)13(16(22)23)15(20)24-7/h4-5,8H,1-3,6,18H2,(H,22,23). The first kappa shape index (κ1) is 15.1. The number of hydrogen-bond donors (Lipinski definition) is 2. The van der Waals surface area contributed by atoms with Gasteiger partial charge in [0.1, 0.15) is 16.2 Å². The lowest BCUT2D eigenvalue weighted by molar-refractivity contribution is 0.0697. The number of carboxylic acids is 1. The van der Waals surface area contributed by atoms with Gasteiger partial charge in [-0.2, -0.15) is 0 Å². The molecule has 3 aromatic rings. The highest BCUT2D eigenvalue weighted by atomic mass is 32.1. The smallest absolute Gasteiger partial charge is 0.342 e. The van der Waals surface area contributed by atoms with Crippen molar-refractivity contribution in [3.8, 4) is 0 Å². The molecule has 124 valence electrons. The first-order valence-corrected chi connectivity index (χ1v) is 8.23. The molecule has 0 bridgehead atoms. The van der Waals surface area contributed by atoms with Crippen LogP contribution in [-0.4, -0.2) is 34.6 Å². The van der Waals surface area contributed by atoms with E-state index in [-0.39, 0.29) is 17.0 Å². The fraction of sp³-hybridized carbons (Fsp3) is 0.250. The van der Waals surface area contributed by atoms with Crippen LogP contribution in [0.15, 0.2) is 16.9 Å². The van der Waals surface area contributed by atoms with Crippen molar-refractivity contribution < 1.29 is 14.3 Å². The summed E-state index contributed by atoms with van der Waals surface area (Å²) in [6.45, 7) is 5.03. The summed E-state index contributed by atoms with van der Waals surface area (Å²) in [5.41, 5.74) is 5.72. The number of halogens is 1. The highest BCUT2D eigenvalue weighted by Gasteiger charge is 2.26. The Bertz CT molecular complexity index is 1100. The molecule has 6 nitrogen and oxygen atoms in total. The summed E-state index contributed by atoms with van der Waals surface area (Å²) in [5, 5.41) is 9.35. The van der Waals surface area contributed by atoms with Crippen LogP contribution < -0.4 is 20.7 Å². The number of aromatic carboxylic acids is 1. The third kappa shape index (κ3) is 1.96. The third-order valence-corrected chi connectivity index (χ3v) is 5.44. The van der Waals surface area contributed by atoms with E-state index in [0.717, 1.165) is 23.8 Å². The molecule has 24 heavy (non-hydrogen) atoms. The normalized spacial score (nSPS) is 18.1. The zero-order valence-electron chi connectivity index (χ0n) is 12.6. The molecule has 0 spiro atoms. The fourth-order valence-electron chi connectivity index (χ4n) is 3.27. The molecular formula is C16H14FN3O3S. The van der Waals surface area contributed by atoms with E-state index < -0.39 is 17.2 Å². The number of carboxylic acid groups (broad SMARTS) is 1. The van der Waals surface area contributed by atoms with Gasteiger partial charge in [0, 0.05) is 19.1 Å². The van der Waals surface area contributed by atoms with E-state index in [1.54, 1.807) is 10.5 Å². The summed E-state index contributed by atoms with van der Waals surface area (Å²) in [4.78, 5) is 26.1. The van der Waals surface area contributed by atoms with Gasteiger partial charge in [-0.3, -0.25) is 9.20 Å². The van der Waals surface area contributed by atoms with Crippen LogP contribution in [0.1, 0.15) is 16.8 Å². The molecule has 1 aromatic carbocycles. The molecule has 0 amide bonds. The van der Waals surface area contributed by atoms with Gasteiger partial charge in [-0.25, -0.2) is 9.18 Å². The van der Waals surface area contributed by atoms with Crippen LogP contribution in [0.3, 0.4) is 0 Å². The molecule has 8 heteroatoms. The zero-order chi connectivity index (χ0) is 17.2. The number of hydrogen-bond acceptors (Lipinski definition) is 5. The van der Waals surface area contributed by atoms with E-state index in [2.05, 4.69) is 6.58 Å². The first-order valence-electron chi connectivity index (χ1n) is 7.41. The van der Waals surface area contributed by atoms with E-state index in [1.807, 2.05) is 4.90 Å². The van der Waals surface area contributed by atoms with Crippen molar-refractivity contribution in [3.63, 3.8) is 0 Å². The van der Waals surface area contributed by atoms with Crippen molar-refractivity contribution >= 4 is 45.3 Å². The van der Waals surface area contributed by atoms with Crippen molar-refractivity contribution in [1.82, 2.24) is 4.40 Å². The maximum Gasteiger partial charge on any atom is 0.342 e. The zero-order valence-corrected chi connectivity index (χ0v) is 13.4. The highest BCUT2D eigenvalue weighted by molar-refractivity contribution is 7.17. The molecule has 3 heterocycles. The van der Waals surface area contributed by atoms with Crippen LogP contribution in [0.2, 0.25) is 0 Å². The van der Waals surface area contributed by atoms with E-state index >= 15 is 0 Å². The number of benzene rings is 1. The lowest BCUT2D eigenvalue weighted by atomic mass is 10.1. The fourth-order valence-corrected chi connectivity index (χ4v) is 4.22. The van der Waals surface area contributed by atoms with Crippen LogP contribution in [0.25, 0.3) is 22.3 Å². The number of fused-ring (bicyclic) bond motifs is 3. The molecule has 1 fully saturated rings. The second-order valence-electron chi connectivity index (χ2n) is 5.96. The Kier molecular flexibility index (Phi) is 3.16. The van der Waals surface area contributed by atoms with Gasteiger partial charge in [0.25, 0.3) is 0 Å². The van der Waals surface area contributed by atoms with Gasteiger partial charge < -0.3 is 15.7 Å². The molecule has 1 unspecified atom stereocenters. The van der Waals surface area contributed by atoms with Crippen molar-refractivity contribution in [3.05, 3.63) is 38.4 Å². The molecule has 0 saturated carbocycles. The SMILES string of the molecule is C=c1sc2c(C(=O)O)c(=O)c3cc(F)c(N4CCC(N)C4)cc3n12. The van der Waals surface area contributed by atoms with E-state index in [1.165, 1.54) is 0 Å². The number of rotatable bonds is 2. The minimum atomic E-state index is -1.32. The van der Waals surface area contributed by atoms with Crippen molar-refractivity contribution in [2.45, 2.75) is 12.5 Å². The first-order chi connectivity index (χ1) is 11.4. The summed E-state index contributed by atoms with van der Waals surface area (Å²) < 4.78 is 16.8. The van der Waals surface area contributed by atoms with Crippen molar-refractivity contribution in [2.75, 3.05) is 18.0 Å². The molecule has 1 aliphatic rings. The summed E-state index contributed by atoms with van der Waals surface area (Å²) in [5.74, 6) is -1.87. The lowest BCUT2D eigenvalue weighted by Crippen LogP contribution is -2.28. The Morgan fingerprint density at radius 1 is 1.46 bits per heavy atom. The van der Waals surface area contributed by atoms with E-state index in [9.17, 15) is 19.1 Å². The second-order valence-corrected chi connectivity index (χ2v) is 7.02. The average molecular weight is 347 g/mol. The van der Waals surface area contributed by atoms with Gasteiger partial charge >= 0.3 is 5.97 Å². The van der Waals surface area contributed by atoms with Crippen LogP contribution >= 0.6 is 11.3 Å². The Morgan fingerprint density at radius 2 is 2.21 bits per heavy atom. The van der Waals surface area contributed by atoms with Gasteiger partial charge in [0.05, 0.1) is 21.3 Å². The third-order valence-electron chi connectivity index (χ3n) is 4.44. The molecule has 0 aliphatic carbocycles. The maximum absolute atomic E-state index is 14.6. The van der Waals surface area contributed by atoms with Gasteiger partial charge in [-0.15, -0.1) is 0 Å². The monoisotopic (exact) mass is 347 g/mol. The van der Waals surface area contributed by atoms with E-state index in [0.29, 0.717) is 33.8 Å². The number of carbonyl (C=O) groups is 1. The molecular weight excluding hydrogens is 333 g/mol. The van der Waals surface area contributed by atoms with Gasteiger partial charge in [0.15, 0.2) is 0 Å². The van der Waals surface area contributed by atoms with Crippen LogP contribution in [0.5, 0.6) is 0 Å². The Balaban J connectivity index is 2.06. The minimum absolute atomic E-state index is 0.00864. The lowest BCUT2D eigenvalue weighted by Gasteiger charge is -2.21. The molecule has 1 saturated heterocycles. The van der Waals surface area contributed by atoms with Gasteiger partial charge in [-0.05, 0) is 18.6 Å². The number of nitrogens with two attached hydrogens (primary N) is 1. The van der Waals surface area contributed by atoms with Gasteiger partial charge in [-0.1, -0.05) is 17.9 Å². The quantitative estimate of drug-likeness (QED) is 0.723. The number of pyridine rings is 1. The Hall–Kier alpha value is -2.45. The number of nitrogens with zero attached hydrogens (tertiary/aromatic N) is 2. The predicted molar refractivity (Wildman–Crippen MR) is 91.5 cm³/mol. The van der Waals surface area contributed by atoms with Crippen LogP contribution in [0.4, 0.5) is 10.1 Å². The van der Waals surface area contributed by atoms with Gasteiger partial charge in [0.2, 0.25) is 5.43 Å². The number of aromatic nitrogens is 1. The Morgan fingerprint density at radius 3 is 2.79 bits per heavy atom. The topological polar surface area (TPSA) is 88.0 Å². The van der Waals surface area contributed by atoms with E-state index in [4.69, 9.17) is 5.73 Å². The molecule has 1 aliphatic heterocycles. The molecule has 3 N–H and O–H groups in total. The Labute approximate surface area is 139 Å². The summed E-state index contributed by atoms with van der Waals surface area (Å²) in [6, 6.07) is 2.70. The van der Waals surface area contributed by atoms with Crippen LogP contribution in [-0.2, 0) is 0 Å². The molecule has 4 rings (SSSR count). The second kappa shape index (κ2) is 5.02. The molecule has 0 radical (unpaired) electrons. The average Bonchev–Trinajstić information content (AvgIpc) is 2.93.